The Labute approximate surface area is 91.5 Å². The van der Waals surface area contributed by atoms with Crippen molar-refractivity contribution in [1.29, 1.82) is 0 Å². The van der Waals surface area contributed by atoms with Gasteiger partial charge in [0, 0.05) is 12.5 Å². The summed E-state index contributed by atoms with van der Waals surface area (Å²) in [6.45, 7) is 4.11. The van der Waals surface area contributed by atoms with Crippen molar-refractivity contribution in [2.75, 3.05) is 0 Å². The Morgan fingerprint density at radius 1 is 1.40 bits per heavy atom. The summed E-state index contributed by atoms with van der Waals surface area (Å²) in [5.41, 5.74) is 0. The van der Waals surface area contributed by atoms with Crippen LogP contribution in [-0.2, 0) is 9.63 Å². The Hall–Kier alpha value is -0.610. The lowest BCUT2D eigenvalue weighted by atomic mass is 9.93. The van der Waals surface area contributed by atoms with Gasteiger partial charge in [0.05, 0.1) is 6.10 Å². The van der Waals surface area contributed by atoms with Crippen molar-refractivity contribution in [2.45, 2.75) is 58.1 Å². The fourth-order valence-corrected chi connectivity index (χ4v) is 2.00. The summed E-state index contributed by atoms with van der Waals surface area (Å²) < 4.78 is 0. The molecule has 1 fully saturated rings. The molecule has 4 heteroatoms. The zero-order valence-electron chi connectivity index (χ0n) is 9.66. The van der Waals surface area contributed by atoms with Crippen LogP contribution < -0.4 is 11.2 Å². The van der Waals surface area contributed by atoms with Crippen molar-refractivity contribution in [3.05, 3.63) is 0 Å². The van der Waals surface area contributed by atoms with Gasteiger partial charge in [0.1, 0.15) is 0 Å². The summed E-state index contributed by atoms with van der Waals surface area (Å²) in [4.78, 5) is 16.3. The second-order valence-corrected chi connectivity index (χ2v) is 4.78. The molecule has 1 rings (SSSR count). The van der Waals surface area contributed by atoms with Crippen LogP contribution in [0.5, 0.6) is 0 Å². The molecule has 1 amide bonds. The number of amides is 1. The largest absolute Gasteiger partial charge is 0.353 e. The molecule has 0 atom stereocenters. The highest BCUT2D eigenvalue weighted by atomic mass is 16.6. The van der Waals surface area contributed by atoms with E-state index in [0.717, 1.165) is 25.7 Å². The van der Waals surface area contributed by atoms with Crippen LogP contribution in [0.4, 0.5) is 0 Å². The molecule has 0 bridgehead atoms. The van der Waals surface area contributed by atoms with E-state index >= 15 is 0 Å². The van der Waals surface area contributed by atoms with E-state index in [1.165, 1.54) is 0 Å². The molecule has 15 heavy (non-hydrogen) atoms. The Balaban J connectivity index is 2.20. The molecule has 1 aliphatic rings. The van der Waals surface area contributed by atoms with Gasteiger partial charge in [0.25, 0.3) is 0 Å². The molecular formula is C11H22N2O2. The summed E-state index contributed by atoms with van der Waals surface area (Å²) in [6.07, 6.45) is 4.65. The minimum atomic E-state index is 0.169. The molecule has 0 aromatic carbocycles. The SMILES string of the molecule is CC(C)CC(=O)NC1CCC(ON)CC1. The molecule has 0 heterocycles. The predicted molar refractivity (Wildman–Crippen MR) is 58.9 cm³/mol. The zero-order chi connectivity index (χ0) is 11.3. The highest BCUT2D eigenvalue weighted by Crippen LogP contribution is 2.20. The van der Waals surface area contributed by atoms with Crippen LogP contribution in [0, 0.1) is 5.92 Å². The maximum atomic E-state index is 11.5. The van der Waals surface area contributed by atoms with Gasteiger partial charge in [-0.25, -0.2) is 5.90 Å². The summed E-state index contributed by atoms with van der Waals surface area (Å²) >= 11 is 0. The monoisotopic (exact) mass is 214 g/mol. The molecule has 4 nitrogen and oxygen atoms in total. The van der Waals surface area contributed by atoms with Crippen molar-refractivity contribution in [3.63, 3.8) is 0 Å². The average Bonchev–Trinajstić information content (AvgIpc) is 2.17. The van der Waals surface area contributed by atoms with Crippen LogP contribution >= 0.6 is 0 Å². The lowest BCUT2D eigenvalue weighted by molar-refractivity contribution is -0.123. The average molecular weight is 214 g/mol. The van der Waals surface area contributed by atoms with Gasteiger partial charge in [0.15, 0.2) is 0 Å². The third-order valence-electron chi connectivity index (χ3n) is 2.83. The van der Waals surface area contributed by atoms with Crippen molar-refractivity contribution in [3.8, 4) is 0 Å². The fraction of sp³-hybridized carbons (Fsp3) is 0.909. The first-order valence-electron chi connectivity index (χ1n) is 5.76. The number of nitrogens with one attached hydrogen (secondary N) is 1. The van der Waals surface area contributed by atoms with E-state index in [2.05, 4.69) is 19.2 Å². The van der Waals surface area contributed by atoms with Gasteiger partial charge in [-0.2, -0.15) is 0 Å². The van der Waals surface area contributed by atoms with Gasteiger partial charge in [-0.3, -0.25) is 4.79 Å². The maximum Gasteiger partial charge on any atom is 0.220 e. The van der Waals surface area contributed by atoms with Crippen LogP contribution in [-0.4, -0.2) is 18.1 Å². The molecular weight excluding hydrogens is 192 g/mol. The van der Waals surface area contributed by atoms with Crippen LogP contribution in [0.25, 0.3) is 0 Å². The van der Waals surface area contributed by atoms with Gasteiger partial charge in [-0.15, -0.1) is 0 Å². The van der Waals surface area contributed by atoms with Crippen LogP contribution in [0.15, 0.2) is 0 Å². The Bertz CT molecular complexity index is 199. The molecule has 0 unspecified atom stereocenters. The smallest absolute Gasteiger partial charge is 0.220 e. The Morgan fingerprint density at radius 2 is 2.00 bits per heavy atom. The molecule has 0 radical (unpaired) electrons. The molecule has 88 valence electrons. The van der Waals surface area contributed by atoms with Gasteiger partial charge >= 0.3 is 0 Å². The van der Waals surface area contributed by atoms with E-state index in [1.807, 2.05) is 0 Å². The van der Waals surface area contributed by atoms with Crippen molar-refractivity contribution in [2.24, 2.45) is 11.8 Å². The quantitative estimate of drug-likeness (QED) is 0.694. The van der Waals surface area contributed by atoms with Gasteiger partial charge in [0.2, 0.25) is 5.91 Å². The first-order chi connectivity index (χ1) is 7.11. The molecule has 1 saturated carbocycles. The minimum Gasteiger partial charge on any atom is -0.353 e. The first kappa shape index (κ1) is 12.5. The number of hydrogen-bond donors (Lipinski definition) is 2. The second-order valence-electron chi connectivity index (χ2n) is 4.78. The summed E-state index contributed by atoms with van der Waals surface area (Å²) in [6, 6.07) is 0.322. The highest BCUT2D eigenvalue weighted by Gasteiger charge is 2.22. The highest BCUT2D eigenvalue weighted by molar-refractivity contribution is 5.76. The third kappa shape index (κ3) is 4.62. The fourth-order valence-electron chi connectivity index (χ4n) is 2.00. The van der Waals surface area contributed by atoms with Crippen molar-refractivity contribution < 1.29 is 9.63 Å². The normalized spacial score (nSPS) is 26.7. The van der Waals surface area contributed by atoms with E-state index in [4.69, 9.17) is 10.7 Å². The predicted octanol–water partition coefficient (Wildman–Crippen LogP) is 1.35. The van der Waals surface area contributed by atoms with E-state index in [9.17, 15) is 4.79 Å². The van der Waals surface area contributed by atoms with Crippen LogP contribution in [0.1, 0.15) is 46.0 Å². The number of rotatable bonds is 4. The number of nitrogens with two attached hydrogens (primary N) is 1. The molecule has 3 N–H and O–H groups in total. The van der Waals surface area contributed by atoms with E-state index in [1.54, 1.807) is 0 Å². The van der Waals surface area contributed by atoms with Gasteiger partial charge in [-0.05, 0) is 31.6 Å². The standard InChI is InChI=1S/C11H22N2O2/c1-8(2)7-11(14)13-9-3-5-10(15-12)6-4-9/h8-10H,3-7,12H2,1-2H3,(H,13,14). The Morgan fingerprint density at radius 3 is 2.47 bits per heavy atom. The number of hydrogen-bond acceptors (Lipinski definition) is 3. The van der Waals surface area contributed by atoms with Gasteiger partial charge < -0.3 is 10.2 Å². The lowest BCUT2D eigenvalue weighted by Gasteiger charge is -2.27. The molecule has 1 aliphatic carbocycles. The van der Waals surface area contributed by atoms with Crippen molar-refractivity contribution >= 4 is 5.91 Å². The molecule has 0 spiro atoms. The van der Waals surface area contributed by atoms with E-state index < -0.39 is 0 Å². The van der Waals surface area contributed by atoms with Gasteiger partial charge in [-0.1, -0.05) is 13.8 Å². The summed E-state index contributed by atoms with van der Waals surface area (Å²) in [5, 5.41) is 3.06. The number of carbonyl (C=O) groups is 1. The summed E-state index contributed by atoms with van der Waals surface area (Å²) in [7, 11) is 0. The van der Waals surface area contributed by atoms with E-state index in [0.29, 0.717) is 18.4 Å². The second kappa shape index (κ2) is 6.08. The van der Waals surface area contributed by atoms with Crippen LogP contribution in [0.2, 0.25) is 0 Å². The summed E-state index contributed by atoms with van der Waals surface area (Å²) in [5.74, 6) is 5.72. The first-order valence-corrected chi connectivity index (χ1v) is 5.76. The minimum absolute atomic E-state index is 0.169. The third-order valence-corrected chi connectivity index (χ3v) is 2.83. The van der Waals surface area contributed by atoms with Crippen LogP contribution in [0.3, 0.4) is 0 Å². The van der Waals surface area contributed by atoms with Crippen molar-refractivity contribution in [1.82, 2.24) is 5.32 Å². The molecule has 0 aromatic heterocycles. The molecule has 0 aromatic rings. The number of carbonyl (C=O) groups excluding carboxylic acids is 1. The van der Waals surface area contributed by atoms with E-state index in [-0.39, 0.29) is 12.0 Å². The molecule has 0 aliphatic heterocycles. The maximum absolute atomic E-state index is 11.5. The zero-order valence-corrected chi connectivity index (χ0v) is 9.66. The Kier molecular flexibility index (Phi) is 5.05. The topological polar surface area (TPSA) is 64.3 Å². The lowest BCUT2D eigenvalue weighted by Crippen LogP contribution is -2.39. The molecule has 0 saturated heterocycles.